The van der Waals surface area contributed by atoms with Crippen LogP contribution in [0.15, 0.2) is 60.7 Å². The van der Waals surface area contributed by atoms with Crippen LogP contribution in [0.25, 0.3) is 0 Å². The van der Waals surface area contributed by atoms with Crippen LogP contribution in [0, 0.1) is 0 Å². The maximum Gasteiger partial charge on any atom is 0.251 e. The zero-order valence-corrected chi connectivity index (χ0v) is 15.1. The highest BCUT2D eigenvalue weighted by atomic mass is 16.2. The van der Waals surface area contributed by atoms with Gasteiger partial charge in [0, 0.05) is 18.7 Å². The van der Waals surface area contributed by atoms with Gasteiger partial charge in [0.1, 0.15) is 0 Å². The molecule has 2 aromatic rings. The van der Waals surface area contributed by atoms with Crippen LogP contribution in [-0.2, 0) is 4.79 Å². The second kappa shape index (κ2) is 9.18. The summed E-state index contributed by atoms with van der Waals surface area (Å²) in [4.78, 5) is 27.4. The van der Waals surface area contributed by atoms with Crippen LogP contribution in [-0.4, -0.2) is 29.8 Å². The summed E-state index contributed by atoms with van der Waals surface area (Å²) in [5.74, 6) is -0.0303. The number of rotatable bonds is 5. The van der Waals surface area contributed by atoms with Gasteiger partial charge in [0.05, 0.1) is 12.5 Å². The van der Waals surface area contributed by atoms with Crippen molar-refractivity contribution >= 4 is 11.8 Å². The lowest BCUT2D eigenvalue weighted by Crippen LogP contribution is -2.37. The molecule has 1 unspecified atom stereocenters. The van der Waals surface area contributed by atoms with E-state index in [2.05, 4.69) is 5.32 Å². The Kier molecular flexibility index (Phi) is 6.42. The molecule has 1 fully saturated rings. The van der Waals surface area contributed by atoms with E-state index in [1.807, 2.05) is 53.4 Å². The molecule has 1 saturated heterocycles. The first-order chi connectivity index (χ1) is 12.7. The number of carbonyl (C=O) groups is 2. The van der Waals surface area contributed by atoms with Gasteiger partial charge in [-0.1, -0.05) is 61.4 Å². The molecule has 0 aromatic heterocycles. The van der Waals surface area contributed by atoms with Crippen LogP contribution in [0.5, 0.6) is 0 Å². The van der Waals surface area contributed by atoms with Crippen molar-refractivity contribution < 1.29 is 9.59 Å². The molecule has 1 heterocycles. The highest BCUT2D eigenvalue weighted by Crippen LogP contribution is 2.20. The fraction of sp³-hybridized carbons (Fsp3) is 0.364. The van der Waals surface area contributed by atoms with E-state index in [4.69, 9.17) is 0 Å². The fourth-order valence-corrected chi connectivity index (χ4v) is 3.39. The standard InChI is InChI=1S/C22H26N2O2/c25-21(24-15-9-1-2-10-16-24)17-20(18-11-5-3-6-12-18)23-22(26)19-13-7-4-8-14-19/h3-8,11-14,20H,1-2,9-10,15-17H2,(H,23,26). The minimum atomic E-state index is -0.320. The minimum absolute atomic E-state index is 0.120. The highest BCUT2D eigenvalue weighted by molar-refractivity contribution is 5.94. The maximum absolute atomic E-state index is 12.8. The van der Waals surface area contributed by atoms with Crippen LogP contribution < -0.4 is 5.32 Å². The predicted octanol–water partition coefficient (Wildman–Crippen LogP) is 3.95. The molecule has 1 N–H and O–H groups in total. The summed E-state index contributed by atoms with van der Waals surface area (Å²) in [6, 6.07) is 18.6. The Morgan fingerprint density at radius 3 is 2.04 bits per heavy atom. The van der Waals surface area contributed by atoms with Gasteiger partial charge in [0.15, 0.2) is 0 Å². The second-order valence-corrected chi connectivity index (χ2v) is 6.80. The summed E-state index contributed by atoms with van der Waals surface area (Å²) >= 11 is 0. The Balaban J connectivity index is 1.73. The van der Waals surface area contributed by atoms with Gasteiger partial charge in [-0.3, -0.25) is 9.59 Å². The minimum Gasteiger partial charge on any atom is -0.345 e. The normalized spacial score (nSPS) is 15.8. The van der Waals surface area contributed by atoms with Gasteiger partial charge in [-0.05, 0) is 30.5 Å². The molecule has 1 atom stereocenters. The van der Waals surface area contributed by atoms with Crippen molar-refractivity contribution in [1.29, 1.82) is 0 Å². The summed E-state index contributed by atoms with van der Waals surface area (Å²) in [6.07, 6.45) is 4.81. The van der Waals surface area contributed by atoms with Crippen LogP contribution in [0.4, 0.5) is 0 Å². The largest absolute Gasteiger partial charge is 0.345 e. The van der Waals surface area contributed by atoms with Crippen molar-refractivity contribution in [3.63, 3.8) is 0 Å². The maximum atomic E-state index is 12.8. The predicted molar refractivity (Wildman–Crippen MR) is 103 cm³/mol. The number of carbonyl (C=O) groups excluding carboxylic acids is 2. The van der Waals surface area contributed by atoms with E-state index in [0.717, 1.165) is 31.5 Å². The van der Waals surface area contributed by atoms with Crippen molar-refractivity contribution in [1.82, 2.24) is 10.2 Å². The van der Waals surface area contributed by atoms with Crippen LogP contribution in [0.3, 0.4) is 0 Å². The van der Waals surface area contributed by atoms with E-state index in [-0.39, 0.29) is 17.9 Å². The molecule has 2 aromatic carbocycles. The van der Waals surface area contributed by atoms with Crippen molar-refractivity contribution in [2.45, 2.75) is 38.1 Å². The van der Waals surface area contributed by atoms with E-state index < -0.39 is 0 Å². The third-order valence-electron chi connectivity index (χ3n) is 4.88. The van der Waals surface area contributed by atoms with Crippen molar-refractivity contribution in [3.8, 4) is 0 Å². The molecule has 26 heavy (non-hydrogen) atoms. The monoisotopic (exact) mass is 350 g/mol. The zero-order valence-electron chi connectivity index (χ0n) is 15.1. The molecule has 4 nitrogen and oxygen atoms in total. The van der Waals surface area contributed by atoms with Gasteiger partial charge in [-0.2, -0.15) is 0 Å². The number of nitrogens with zero attached hydrogens (tertiary/aromatic N) is 1. The second-order valence-electron chi connectivity index (χ2n) is 6.80. The molecule has 0 saturated carbocycles. The van der Waals surface area contributed by atoms with Gasteiger partial charge in [0.25, 0.3) is 5.91 Å². The quantitative estimate of drug-likeness (QED) is 0.888. The lowest BCUT2D eigenvalue weighted by molar-refractivity contribution is -0.131. The summed E-state index contributed by atoms with van der Waals surface area (Å²) in [5.41, 5.74) is 1.57. The van der Waals surface area contributed by atoms with E-state index in [9.17, 15) is 9.59 Å². The Labute approximate surface area is 155 Å². The average Bonchev–Trinajstić information content (AvgIpc) is 2.98. The Morgan fingerprint density at radius 1 is 0.846 bits per heavy atom. The number of amides is 2. The van der Waals surface area contributed by atoms with Crippen LogP contribution in [0.1, 0.15) is 54.1 Å². The molecule has 4 heteroatoms. The summed E-state index contributed by atoms with van der Waals surface area (Å²) in [5, 5.41) is 3.05. The Hall–Kier alpha value is -2.62. The first-order valence-corrected chi connectivity index (χ1v) is 9.42. The number of likely N-dealkylation sites (tertiary alicyclic amines) is 1. The lowest BCUT2D eigenvalue weighted by Gasteiger charge is -2.25. The van der Waals surface area contributed by atoms with E-state index in [0.29, 0.717) is 12.0 Å². The highest BCUT2D eigenvalue weighted by Gasteiger charge is 2.23. The van der Waals surface area contributed by atoms with Crippen molar-refractivity contribution in [2.24, 2.45) is 0 Å². The Bertz CT molecular complexity index is 707. The number of hydrogen-bond donors (Lipinski definition) is 1. The van der Waals surface area contributed by atoms with Crippen molar-refractivity contribution in [2.75, 3.05) is 13.1 Å². The molecular formula is C22H26N2O2. The van der Waals surface area contributed by atoms with Gasteiger partial charge in [0.2, 0.25) is 5.91 Å². The average molecular weight is 350 g/mol. The topological polar surface area (TPSA) is 49.4 Å². The summed E-state index contributed by atoms with van der Waals surface area (Å²) in [7, 11) is 0. The number of benzene rings is 2. The first-order valence-electron chi connectivity index (χ1n) is 9.42. The fourth-order valence-electron chi connectivity index (χ4n) is 3.39. The van der Waals surface area contributed by atoms with Gasteiger partial charge >= 0.3 is 0 Å². The third-order valence-corrected chi connectivity index (χ3v) is 4.88. The zero-order chi connectivity index (χ0) is 18.2. The third kappa shape index (κ3) is 4.94. The molecule has 1 aliphatic heterocycles. The molecule has 1 aliphatic rings. The Morgan fingerprint density at radius 2 is 1.42 bits per heavy atom. The van der Waals surface area contributed by atoms with Crippen molar-refractivity contribution in [3.05, 3.63) is 71.8 Å². The smallest absolute Gasteiger partial charge is 0.251 e. The molecule has 2 amide bonds. The van der Waals surface area contributed by atoms with E-state index in [1.165, 1.54) is 12.8 Å². The summed E-state index contributed by atoms with van der Waals surface area (Å²) in [6.45, 7) is 1.65. The van der Waals surface area contributed by atoms with E-state index >= 15 is 0 Å². The first kappa shape index (κ1) is 18.2. The van der Waals surface area contributed by atoms with Gasteiger partial charge in [-0.15, -0.1) is 0 Å². The molecule has 136 valence electrons. The van der Waals surface area contributed by atoms with Crippen LogP contribution in [0.2, 0.25) is 0 Å². The number of hydrogen-bond acceptors (Lipinski definition) is 2. The lowest BCUT2D eigenvalue weighted by atomic mass is 10.0. The summed E-state index contributed by atoms with van der Waals surface area (Å²) < 4.78 is 0. The molecule has 0 spiro atoms. The molecular weight excluding hydrogens is 324 g/mol. The van der Waals surface area contributed by atoms with E-state index in [1.54, 1.807) is 12.1 Å². The molecule has 0 radical (unpaired) electrons. The molecule has 3 rings (SSSR count). The molecule has 0 bridgehead atoms. The number of nitrogens with one attached hydrogen (secondary N) is 1. The van der Waals surface area contributed by atoms with Crippen LogP contribution >= 0.6 is 0 Å². The van der Waals surface area contributed by atoms with Gasteiger partial charge in [-0.25, -0.2) is 0 Å². The molecule has 0 aliphatic carbocycles. The van der Waals surface area contributed by atoms with Gasteiger partial charge < -0.3 is 10.2 Å². The SMILES string of the molecule is O=C(NC(CC(=O)N1CCCCCC1)c1ccccc1)c1ccccc1.